The highest BCUT2D eigenvalue weighted by molar-refractivity contribution is 5.92. The molecule has 27 heavy (non-hydrogen) atoms. The first-order valence-corrected chi connectivity index (χ1v) is 10.1. The molecule has 1 aromatic heterocycles. The summed E-state index contributed by atoms with van der Waals surface area (Å²) in [6.07, 6.45) is 7.14. The predicted molar refractivity (Wildman–Crippen MR) is 100 cm³/mol. The molecule has 0 radical (unpaired) electrons. The van der Waals surface area contributed by atoms with Crippen molar-refractivity contribution in [1.29, 1.82) is 0 Å². The molecule has 4 rings (SSSR count). The van der Waals surface area contributed by atoms with Crippen LogP contribution in [0, 0.1) is 5.41 Å². The third-order valence-electron chi connectivity index (χ3n) is 6.92. The molecule has 1 saturated heterocycles. The number of aromatic nitrogens is 2. The minimum absolute atomic E-state index is 0.0205. The molecule has 2 saturated carbocycles. The van der Waals surface area contributed by atoms with Crippen LogP contribution in [0.5, 0.6) is 0 Å². The number of hydrogen-bond donors (Lipinski definition) is 1. The van der Waals surface area contributed by atoms with Crippen molar-refractivity contribution >= 4 is 11.8 Å². The summed E-state index contributed by atoms with van der Waals surface area (Å²) in [6.45, 7) is 5.45. The Morgan fingerprint density at radius 2 is 2.11 bits per heavy atom. The molecule has 7 nitrogen and oxygen atoms in total. The van der Waals surface area contributed by atoms with Crippen molar-refractivity contribution in [2.45, 2.75) is 76.6 Å². The van der Waals surface area contributed by atoms with Crippen LogP contribution in [0.25, 0.3) is 0 Å². The number of hydrogen-bond acceptors (Lipinski definition) is 4. The summed E-state index contributed by atoms with van der Waals surface area (Å²) < 4.78 is 7.72. The zero-order chi connectivity index (χ0) is 19.2. The number of amides is 2. The summed E-state index contributed by atoms with van der Waals surface area (Å²) in [5, 5.41) is 7.62. The standard InChI is InChI=1S/C20H30N4O3/c1-4-23-11-6-15(22-23)17(25)24-12-10-20(27-3)7-5-14(13-16(20)24)21-18(26)19(2)8-9-19/h6,11,14,16H,4-5,7-10,12-13H2,1-3H3,(H,21,26)/t14-,16+,20-/m1/s1. The van der Waals surface area contributed by atoms with Gasteiger partial charge in [-0.15, -0.1) is 0 Å². The van der Waals surface area contributed by atoms with E-state index >= 15 is 0 Å². The van der Waals surface area contributed by atoms with E-state index in [-0.39, 0.29) is 34.9 Å². The van der Waals surface area contributed by atoms with Crippen molar-refractivity contribution < 1.29 is 14.3 Å². The summed E-state index contributed by atoms with van der Waals surface area (Å²) in [7, 11) is 1.75. The van der Waals surface area contributed by atoms with Gasteiger partial charge < -0.3 is 15.0 Å². The zero-order valence-electron chi connectivity index (χ0n) is 16.5. The van der Waals surface area contributed by atoms with Crippen LogP contribution in [-0.2, 0) is 16.1 Å². The first-order valence-electron chi connectivity index (χ1n) is 10.1. The van der Waals surface area contributed by atoms with Gasteiger partial charge in [-0.3, -0.25) is 14.3 Å². The number of aryl methyl sites for hydroxylation is 1. The molecule has 0 unspecified atom stereocenters. The van der Waals surface area contributed by atoms with Gasteiger partial charge in [0, 0.05) is 37.9 Å². The largest absolute Gasteiger partial charge is 0.376 e. The minimum atomic E-state index is -0.298. The molecule has 0 aromatic carbocycles. The average molecular weight is 374 g/mol. The molecule has 7 heteroatoms. The number of nitrogens with zero attached hydrogens (tertiary/aromatic N) is 3. The molecule has 1 N–H and O–H groups in total. The Labute approximate surface area is 160 Å². The van der Waals surface area contributed by atoms with E-state index in [1.54, 1.807) is 17.9 Å². The van der Waals surface area contributed by atoms with Gasteiger partial charge in [-0.05, 0) is 51.5 Å². The van der Waals surface area contributed by atoms with Crippen LogP contribution in [0.3, 0.4) is 0 Å². The second-order valence-electron chi connectivity index (χ2n) is 8.60. The van der Waals surface area contributed by atoms with Crippen LogP contribution in [0.4, 0.5) is 0 Å². The van der Waals surface area contributed by atoms with Crippen LogP contribution in [0.1, 0.15) is 62.9 Å². The molecule has 3 atom stereocenters. The van der Waals surface area contributed by atoms with Crippen LogP contribution in [0.15, 0.2) is 12.3 Å². The normalized spacial score (nSPS) is 31.4. The van der Waals surface area contributed by atoms with Crippen molar-refractivity contribution in [2.24, 2.45) is 5.41 Å². The number of nitrogens with one attached hydrogen (secondary N) is 1. The molecule has 2 heterocycles. The van der Waals surface area contributed by atoms with E-state index in [0.29, 0.717) is 12.2 Å². The Morgan fingerprint density at radius 3 is 2.74 bits per heavy atom. The lowest BCUT2D eigenvalue weighted by atomic mass is 9.78. The van der Waals surface area contributed by atoms with Gasteiger partial charge in [0.1, 0.15) is 5.69 Å². The molecular weight excluding hydrogens is 344 g/mol. The number of carbonyl (C=O) groups is 2. The Kier molecular flexibility index (Phi) is 4.53. The summed E-state index contributed by atoms with van der Waals surface area (Å²) in [5.74, 6) is 0.127. The maximum atomic E-state index is 13.1. The van der Waals surface area contributed by atoms with Gasteiger partial charge in [0.25, 0.3) is 5.91 Å². The SMILES string of the molecule is CCn1ccc(C(=O)N2CC[C@]3(OC)CC[C@@H](NC(=O)C4(C)CC4)C[C@H]23)n1. The maximum Gasteiger partial charge on any atom is 0.274 e. The van der Waals surface area contributed by atoms with Gasteiger partial charge in [-0.25, -0.2) is 0 Å². The number of methoxy groups -OCH3 is 1. The van der Waals surface area contributed by atoms with Crippen LogP contribution in [0.2, 0.25) is 0 Å². The van der Waals surface area contributed by atoms with Crippen molar-refractivity contribution in [3.05, 3.63) is 18.0 Å². The van der Waals surface area contributed by atoms with Gasteiger partial charge in [0.05, 0.1) is 11.6 Å². The van der Waals surface area contributed by atoms with Gasteiger partial charge >= 0.3 is 0 Å². The monoisotopic (exact) mass is 374 g/mol. The molecule has 2 amide bonds. The third-order valence-corrected chi connectivity index (χ3v) is 6.92. The second-order valence-corrected chi connectivity index (χ2v) is 8.60. The summed E-state index contributed by atoms with van der Waals surface area (Å²) in [4.78, 5) is 27.5. The van der Waals surface area contributed by atoms with E-state index in [9.17, 15) is 9.59 Å². The van der Waals surface area contributed by atoms with Gasteiger partial charge in [0.15, 0.2) is 0 Å². The quantitative estimate of drug-likeness (QED) is 0.855. The van der Waals surface area contributed by atoms with Crippen molar-refractivity contribution in [2.75, 3.05) is 13.7 Å². The number of rotatable bonds is 5. The second kappa shape index (κ2) is 6.62. The third kappa shape index (κ3) is 3.16. The fraction of sp³-hybridized carbons (Fsp3) is 0.750. The Hall–Kier alpha value is -1.89. The topological polar surface area (TPSA) is 76.5 Å². The average Bonchev–Trinajstić information content (AvgIpc) is 3.12. The van der Waals surface area contributed by atoms with Crippen LogP contribution < -0.4 is 5.32 Å². The number of fused-ring (bicyclic) bond motifs is 1. The van der Waals surface area contributed by atoms with Gasteiger partial charge in [0.2, 0.25) is 5.91 Å². The minimum Gasteiger partial charge on any atom is -0.376 e. The van der Waals surface area contributed by atoms with E-state index in [2.05, 4.69) is 10.4 Å². The Balaban J connectivity index is 1.50. The van der Waals surface area contributed by atoms with Gasteiger partial charge in [-0.2, -0.15) is 5.10 Å². The molecule has 3 fully saturated rings. The van der Waals surface area contributed by atoms with Crippen LogP contribution in [-0.4, -0.2) is 57.8 Å². The fourth-order valence-electron chi connectivity index (χ4n) is 4.64. The van der Waals surface area contributed by atoms with E-state index in [4.69, 9.17) is 4.74 Å². The lowest BCUT2D eigenvalue weighted by Crippen LogP contribution is -2.56. The molecule has 1 aromatic rings. The molecule has 1 aliphatic heterocycles. The van der Waals surface area contributed by atoms with Crippen LogP contribution >= 0.6 is 0 Å². The lowest BCUT2D eigenvalue weighted by molar-refractivity contribution is -0.127. The zero-order valence-corrected chi connectivity index (χ0v) is 16.5. The van der Waals surface area contributed by atoms with E-state index in [0.717, 1.165) is 45.1 Å². The van der Waals surface area contributed by atoms with E-state index in [1.165, 1.54) is 0 Å². The molecule has 0 spiro atoms. The maximum absolute atomic E-state index is 13.1. The highest BCUT2D eigenvalue weighted by atomic mass is 16.5. The molecular formula is C20H30N4O3. The van der Waals surface area contributed by atoms with E-state index in [1.807, 2.05) is 24.9 Å². The first kappa shape index (κ1) is 18.5. The van der Waals surface area contributed by atoms with Gasteiger partial charge in [-0.1, -0.05) is 6.92 Å². The smallest absolute Gasteiger partial charge is 0.274 e. The van der Waals surface area contributed by atoms with Crippen molar-refractivity contribution in [1.82, 2.24) is 20.0 Å². The fourth-order valence-corrected chi connectivity index (χ4v) is 4.64. The highest BCUT2D eigenvalue weighted by Crippen LogP contribution is 2.46. The molecule has 0 bridgehead atoms. The summed E-state index contributed by atoms with van der Waals surface area (Å²) in [6, 6.07) is 1.87. The van der Waals surface area contributed by atoms with E-state index < -0.39 is 0 Å². The highest BCUT2D eigenvalue weighted by Gasteiger charge is 2.54. The summed E-state index contributed by atoms with van der Waals surface area (Å²) in [5.41, 5.74) is 0.0159. The number of likely N-dealkylation sites (tertiary alicyclic amines) is 1. The number of carbonyl (C=O) groups excluding carboxylic acids is 2. The first-order chi connectivity index (χ1) is 12.9. The molecule has 3 aliphatic rings. The van der Waals surface area contributed by atoms with Crippen molar-refractivity contribution in [3.63, 3.8) is 0 Å². The Morgan fingerprint density at radius 1 is 1.33 bits per heavy atom. The Bertz CT molecular complexity index is 741. The molecule has 148 valence electrons. The molecule has 2 aliphatic carbocycles. The predicted octanol–water partition coefficient (Wildman–Crippen LogP) is 1.97. The summed E-state index contributed by atoms with van der Waals surface area (Å²) >= 11 is 0. The van der Waals surface area contributed by atoms with Crippen molar-refractivity contribution in [3.8, 4) is 0 Å². The number of ether oxygens (including phenoxy) is 1. The lowest BCUT2D eigenvalue weighted by Gasteiger charge is -2.43.